The van der Waals surface area contributed by atoms with Crippen molar-refractivity contribution < 1.29 is 21.6 Å². The highest BCUT2D eigenvalue weighted by molar-refractivity contribution is 7.89. The van der Waals surface area contributed by atoms with Crippen molar-refractivity contribution in [1.82, 2.24) is 4.31 Å². The standard InChI is InChI=1S/C13H18ClF3N2O2S/c1-12(2,7-18)8-19(3)22(20,21)11-5-4-9(6-10(11)14)13(15,16)17/h4-6H,7-8,18H2,1-3H3. The molecule has 0 atom stereocenters. The normalized spacial score (nSPS) is 13.7. The number of rotatable bonds is 5. The van der Waals surface area contributed by atoms with Crippen molar-refractivity contribution in [3.8, 4) is 0 Å². The molecule has 1 aromatic rings. The third kappa shape index (κ3) is 4.34. The highest BCUT2D eigenvalue weighted by Gasteiger charge is 2.33. The smallest absolute Gasteiger partial charge is 0.330 e. The van der Waals surface area contributed by atoms with E-state index in [9.17, 15) is 21.6 Å². The van der Waals surface area contributed by atoms with E-state index >= 15 is 0 Å². The van der Waals surface area contributed by atoms with Crippen molar-refractivity contribution in [2.45, 2.75) is 24.9 Å². The summed E-state index contributed by atoms with van der Waals surface area (Å²) in [6.45, 7) is 3.94. The van der Waals surface area contributed by atoms with Crippen molar-refractivity contribution in [3.05, 3.63) is 28.8 Å². The summed E-state index contributed by atoms with van der Waals surface area (Å²) in [7, 11) is -2.66. The number of hydrogen-bond acceptors (Lipinski definition) is 3. The van der Waals surface area contributed by atoms with Crippen molar-refractivity contribution in [2.24, 2.45) is 11.1 Å². The van der Waals surface area contributed by atoms with E-state index in [1.807, 2.05) is 0 Å². The van der Waals surface area contributed by atoms with Gasteiger partial charge in [-0.3, -0.25) is 0 Å². The third-order valence-electron chi connectivity index (χ3n) is 3.15. The topological polar surface area (TPSA) is 63.4 Å². The molecule has 0 unspecified atom stereocenters. The minimum Gasteiger partial charge on any atom is -0.330 e. The van der Waals surface area contributed by atoms with Gasteiger partial charge in [-0.2, -0.15) is 13.2 Å². The van der Waals surface area contributed by atoms with Crippen LogP contribution in [0.15, 0.2) is 23.1 Å². The van der Waals surface area contributed by atoms with Crippen molar-refractivity contribution in [3.63, 3.8) is 0 Å². The predicted octanol–water partition coefficient (Wildman–Crippen LogP) is 2.96. The molecular formula is C13H18ClF3N2O2S. The van der Waals surface area contributed by atoms with Gasteiger partial charge in [0.1, 0.15) is 4.90 Å². The van der Waals surface area contributed by atoms with Crippen LogP contribution in [0.25, 0.3) is 0 Å². The van der Waals surface area contributed by atoms with Crippen LogP contribution in [0.1, 0.15) is 19.4 Å². The summed E-state index contributed by atoms with van der Waals surface area (Å²) >= 11 is 5.74. The lowest BCUT2D eigenvalue weighted by Gasteiger charge is -2.28. The van der Waals surface area contributed by atoms with Gasteiger partial charge in [0, 0.05) is 13.6 Å². The van der Waals surface area contributed by atoms with Crippen LogP contribution in [0.3, 0.4) is 0 Å². The Morgan fingerprint density at radius 1 is 1.27 bits per heavy atom. The number of benzene rings is 1. The van der Waals surface area contributed by atoms with Gasteiger partial charge in [-0.1, -0.05) is 25.4 Å². The Hall–Kier alpha value is -0.830. The Morgan fingerprint density at radius 2 is 1.82 bits per heavy atom. The van der Waals surface area contributed by atoms with Gasteiger partial charge in [0.25, 0.3) is 0 Å². The Labute approximate surface area is 133 Å². The molecule has 0 aliphatic heterocycles. The molecule has 0 fully saturated rings. The van der Waals surface area contributed by atoms with Gasteiger partial charge in [-0.25, -0.2) is 12.7 Å². The van der Waals surface area contributed by atoms with E-state index < -0.39 is 32.2 Å². The number of alkyl halides is 3. The summed E-state index contributed by atoms with van der Waals surface area (Å²) in [5.41, 5.74) is 4.09. The Kier molecular flexibility index (Phi) is 5.55. The molecule has 0 saturated carbocycles. The lowest BCUT2D eigenvalue weighted by Crippen LogP contribution is -2.39. The molecule has 0 aliphatic carbocycles. The molecule has 1 rings (SSSR count). The number of halogens is 4. The molecule has 0 saturated heterocycles. The lowest BCUT2D eigenvalue weighted by atomic mass is 9.94. The summed E-state index contributed by atoms with van der Waals surface area (Å²) in [6, 6.07) is 2.17. The zero-order valence-corrected chi connectivity index (χ0v) is 14.0. The first-order chi connectivity index (χ1) is 9.81. The fraction of sp³-hybridized carbons (Fsp3) is 0.538. The number of hydrogen-bond donors (Lipinski definition) is 1. The maximum atomic E-state index is 12.6. The van der Waals surface area contributed by atoms with Crippen LogP contribution in [0.5, 0.6) is 0 Å². The van der Waals surface area contributed by atoms with Gasteiger partial charge in [-0.05, 0) is 30.2 Å². The molecule has 0 bridgehead atoms. The molecule has 9 heteroatoms. The average molecular weight is 359 g/mol. The van der Waals surface area contributed by atoms with E-state index in [4.69, 9.17) is 17.3 Å². The van der Waals surface area contributed by atoms with Crippen LogP contribution in [0.4, 0.5) is 13.2 Å². The summed E-state index contributed by atoms with van der Waals surface area (Å²) in [5.74, 6) is 0. The zero-order chi connectivity index (χ0) is 17.3. The first kappa shape index (κ1) is 19.2. The molecule has 4 nitrogen and oxygen atoms in total. The van der Waals surface area contributed by atoms with Crippen molar-refractivity contribution >= 4 is 21.6 Å². The van der Waals surface area contributed by atoms with Gasteiger partial charge >= 0.3 is 6.18 Å². The highest BCUT2D eigenvalue weighted by Crippen LogP contribution is 2.34. The summed E-state index contributed by atoms with van der Waals surface area (Å²) in [5, 5.41) is -0.466. The number of nitrogens with zero attached hydrogens (tertiary/aromatic N) is 1. The van der Waals surface area contributed by atoms with E-state index in [1.54, 1.807) is 13.8 Å². The van der Waals surface area contributed by atoms with Crippen molar-refractivity contribution in [2.75, 3.05) is 20.1 Å². The minimum absolute atomic E-state index is 0.114. The van der Waals surface area contributed by atoms with E-state index in [0.29, 0.717) is 12.1 Å². The fourth-order valence-electron chi connectivity index (χ4n) is 1.81. The van der Waals surface area contributed by atoms with Gasteiger partial charge in [-0.15, -0.1) is 0 Å². The molecule has 22 heavy (non-hydrogen) atoms. The predicted molar refractivity (Wildman–Crippen MR) is 79.1 cm³/mol. The number of sulfonamides is 1. The van der Waals surface area contributed by atoms with E-state index in [0.717, 1.165) is 10.4 Å². The van der Waals surface area contributed by atoms with E-state index in [1.165, 1.54) is 7.05 Å². The zero-order valence-electron chi connectivity index (χ0n) is 12.4. The van der Waals surface area contributed by atoms with Crippen molar-refractivity contribution in [1.29, 1.82) is 0 Å². The van der Waals surface area contributed by atoms with Gasteiger partial charge in [0.15, 0.2) is 0 Å². The Balaban J connectivity index is 3.19. The molecule has 0 radical (unpaired) electrons. The minimum atomic E-state index is -4.58. The largest absolute Gasteiger partial charge is 0.416 e. The average Bonchev–Trinajstić information content (AvgIpc) is 2.36. The Bertz CT molecular complexity index is 645. The van der Waals surface area contributed by atoms with Gasteiger partial charge in [0.05, 0.1) is 10.6 Å². The van der Waals surface area contributed by atoms with Crippen LogP contribution in [0, 0.1) is 5.41 Å². The van der Waals surface area contributed by atoms with Crippen LogP contribution < -0.4 is 5.73 Å². The van der Waals surface area contributed by atoms with E-state index in [2.05, 4.69) is 0 Å². The summed E-state index contributed by atoms with van der Waals surface area (Å²) < 4.78 is 63.7. The molecule has 1 aromatic carbocycles. The van der Waals surface area contributed by atoms with Crippen LogP contribution in [0.2, 0.25) is 5.02 Å². The SMILES string of the molecule is CN(CC(C)(C)CN)S(=O)(=O)c1ccc(C(F)(F)F)cc1Cl. The second kappa shape index (κ2) is 6.35. The molecule has 0 aliphatic rings. The molecular weight excluding hydrogens is 341 g/mol. The summed E-state index contributed by atoms with van der Waals surface area (Å²) in [6.07, 6.45) is -4.58. The lowest BCUT2D eigenvalue weighted by molar-refractivity contribution is -0.137. The quantitative estimate of drug-likeness (QED) is 0.880. The fourth-order valence-corrected chi connectivity index (χ4v) is 3.68. The second-order valence-corrected chi connectivity index (χ2v) is 8.19. The maximum Gasteiger partial charge on any atom is 0.416 e. The monoisotopic (exact) mass is 358 g/mol. The molecule has 126 valence electrons. The van der Waals surface area contributed by atoms with Crippen LogP contribution in [-0.2, 0) is 16.2 Å². The number of nitrogens with two attached hydrogens (primary N) is 1. The first-order valence-electron chi connectivity index (χ1n) is 6.34. The first-order valence-corrected chi connectivity index (χ1v) is 8.16. The maximum absolute atomic E-state index is 12.6. The Morgan fingerprint density at radius 3 is 2.23 bits per heavy atom. The third-order valence-corrected chi connectivity index (χ3v) is 5.44. The van der Waals surface area contributed by atoms with Crippen LogP contribution >= 0.6 is 11.6 Å². The van der Waals surface area contributed by atoms with Gasteiger partial charge < -0.3 is 5.73 Å². The molecule has 0 spiro atoms. The van der Waals surface area contributed by atoms with E-state index in [-0.39, 0.29) is 18.0 Å². The molecule has 0 amide bonds. The van der Waals surface area contributed by atoms with Gasteiger partial charge in [0.2, 0.25) is 10.0 Å². The van der Waals surface area contributed by atoms with Crippen LogP contribution in [-0.4, -0.2) is 32.9 Å². The molecule has 2 N–H and O–H groups in total. The second-order valence-electron chi connectivity index (χ2n) is 5.77. The molecule has 0 heterocycles. The highest BCUT2D eigenvalue weighted by atomic mass is 35.5. The summed E-state index contributed by atoms with van der Waals surface area (Å²) in [4.78, 5) is -0.363. The molecule has 0 aromatic heterocycles.